The lowest BCUT2D eigenvalue weighted by atomic mass is 10.1. The summed E-state index contributed by atoms with van der Waals surface area (Å²) in [6.45, 7) is 4.02. The molecule has 0 bridgehead atoms. The predicted octanol–water partition coefficient (Wildman–Crippen LogP) is 4.12. The minimum Gasteiger partial charge on any atom is -0.426 e. The van der Waals surface area contributed by atoms with Gasteiger partial charge in [-0.05, 0) is 24.5 Å². The van der Waals surface area contributed by atoms with E-state index in [-0.39, 0.29) is 5.97 Å². The van der Waals surface area contributed by atoms with Crippen LogP contribution >= 0.6 is 0 Å². The minimum absolute atomic E-state index is 0.161. The number of carbonyl (C=O) groups excluding carboxylic acids is 1. The van der Waals surface area contributed by atoms with Crippen molar-refractivity contribution in [3.8, 4) is 5.75 Å². The van der Waals surface area contributed by atoms with Gasteiger partial charge in [0, 0.05) is 6.42 Å². The number of rotatable bonds is 7. The SMILES string of the molecule is CCCCCCc1ccccc1OC(=O)CC. The van der Waals surface area contributed by atoms with Gasteiger partial charge < -0.3 is 4.74 Å². The fourth-order valence-corrected chi connectivity index (χ4v) is 1.75. The number of hydrogen-bond donors (Lipinski definition) is 0. The molecule has 0 aliphatic rings. The van der Waals surface area contributed by atoms with E-state index in [0.29, 0.717) is 6.42 Å². The lowest BCUT2D eigenvalue weighted by molar-refractivity contribution is -0.134. The van der Waals surface area contributed by atoms with Gasteiger partial charge in [-0.2, -0.15) is 0 Å². The molecule has 0 aromatic heterocycles. The standard InChI is InChI=1S/C15H22O2/c1-3-5-6-7-10-13-11-8-9-12-14(13)17-15(16)4-2/h8-9,11-12H,3-7,10H2,1-2H3. The second kappa shape index (κ2) is 7.88. The normalized spacial score (nSPS) is 10.2. The maximum Gasteiger partial charge on any atom is 0.310 e. The first-order valence-corrected chi connectivity index (χ1v) is 6.56. The Morgan fingerprint density at radius 1 is 1.12 bits per heavy atom. The van der Waals surface area contributed by atoms with E-state index in [2.05, 4.69) is 6.92 Å². The molecule has 0 fully saturated rings. The molecule has 0 heterocycles. The molecular weight excluding hydrogens is 212 g/mol. The van der Waals surface area contributed by atoms with Crippen LogP contribution in [0.3, 0.4) is 0 Å². The fourth-order valence-electron chi connectivity index (χ4n) is 1.75. The third-order valence-corrected chi connectivity index (χ3v) is 2.78. The largest absolute Gasteiger partial charge is 0.426 e. The molecule has 0 aliphatic carbocycles. The van der Waals surface area contributed by atoms with Crippen molar-refractivity contribution in [1.29, 1.82) is 0 Å². The molecular formula is C15H22O2. The average molecular weight is 234 g/mol. The highest BCUT2D eigenvalue weighted by molar-refractivity contribution is 5.72. The van der Waals surface area contributed by atoms with Crippen LogP contribution in [0.1, 0.15) is 51.5 Å². The molecule has 1 rings (SSSR count). The maximum absolute atomic E-state index is 11.3. The summed E-state index contributed by atoms with van der Waals surface area (Å²) in [6, 6.07) is 7.83. The Hall–Kier alpha value is -1.31. The van der Waals surface area contributed by atoms with E-state index in [0.717, 1.165) is 24.2 Å². The lowest BCUT2D eigenvalue weighted by Crippen LogP contribution is -2.07. The van der Waals surface area contributed by atoms with Gasteiger partial charge in [0.15, 0.2) is 0 Å². The Balaban J connectivity index is 2.54. The first-order valence-electron chi connectivity index (χ1n) is 6.56. The summed E-state index contributed by atoms with van der Waals surface area (Å²) in [5, 5.41) is 0. The van der Waals surface area contributed by atoms with Crippen LogP contribution in [0.25, 0.3) is 0 Å². The first kappa shape index (κ1) is 13.8. The second-order valence-corrected chi connectivity index (χ2v) is 4.25. The summed E-state index contributed by atoms with van der Waals surface area (Å²) in [6.07, 6.45) is 6.34. The van der Waals surface area contributed by atoms with E-state index in [1.54, 1.807) is 0 Å². The Bertz CT molecular complexity index is 345. The zero-order chi connectivity index (χ0) is 12.5. The van der Waals surface area contributed by atoms with Crippen molar-refractivity contribution in [3.63, 3.8) is 0 Å². The van der Waals surface area contributed by atoms with Crippen LogP contribution in [0.4, 0.5) is 0 Å². The highest BCUT2D eigenvalue weighted by Gasteiger charge is 2.06. The van der Waals surface area contributed by atoms with E-state index in [4.69, 9.17) is 4.74 Å². The highest BCUT2D eigenvalue weighted by Crippen LogP contribution is 2.21. The number of carbonyl (C=O) groups is 1. The summed E-state index contributed by atoms with van der Waals surface area (Å²) in [7, 11) is 0. The predicted molar refractivity (Wildman–Crippen MR) is 70.2 cm³/mol. The van der Waals surface area contributed by atoms with Crippen molar-refractivity contribution < 1.29 is 9.53 Å². The van der Waals surface area contributed by atoms with Gasteiger partial charge >= 0.3 is 5.97 Å². The fraction of sp³-hybridized carbons (Fsp3) is 0.533. The molecule has 0 spiro atoms. The number of benzene rings is 1. The van der Waals surface area contributed by atoms with E-state index < -0.39 is 0 Å². The van der Waals surface area contributed by atoms with E-state index >= 15 is 0 Å². The van der Waals surface area contributed by atoms with Gasteiger partial charge in [0.25, 0.3) is 0 Å². The van der Waals surface area contributed by atoms with E-state index in [1.807, 2.05) is 31.2 Å². The molecule has 0 saturated heterocycles. The van der Waals surface area contributed by atoms with E-state index in [9.17, 15) is 4.79 Å². The summed E-state index contributed by atoms with van der Waals surface area (Å²) < 4.78 is 5.31. The topological polar surface area (TPSA) is 26.3 Å². The number of aryl methyl sites for hydroxylation is 1. The smallest absolute Gasteiger partial charge is 0.310 e. The van der Waals surface area contributed by atoms with Crippen molar-refractivity contribution >= 4 is 5.97 Å². The van der Waals surface area contributed by atoms with Crippen LogP contribution in [-0.4, -0.2) is 5.97 Å². The van der Waals surface area contributed by atoms with Crippen LogP contribution in [-0.2, 0) is 11.2 Å². The molecule has 0 atom stereocenters. The van der Waals surface area contributed by atoms with Gasteiger partial charge in [0.1, 0.15) is 5.75 Å². The van der Waals surface area contributed by atoms with Crippen molar-refractivity contribution in [2.45, 2.75) is 52.4 Å². The third-order valence-electron chi connectivity index (χ3n) is 2.78. The third kappa shape index (κ3) is 5.03. The molecule has 17 heavy (non-hydrogen) atoms. The van der Waals surface area contributed by atoms with Gasteiger partial charge in [-0.25, -0.2) is 0 Å². The molecule has 94 valence electrons. The second-order valence-electron chi connectivity index (χ2n) is 4.25. The van der Waals surface area contributed by atoms with Crippen LogP contribution < -0.4 is 4.74 Å². The number of hydrogen-bond acceptors (Lipinski definition) is 2. The van der Waals surface area contributed by atoms with Crippen LogP contribution in [0, 0.1) is 0 Å². The van der Waals surface area contributed by atoms with E-state index in [1.165, 1.54) is 19.3 Å². The summed E-state index contributed by atoms with van der Waals surface area (Å²) in [4.78, 5) is 11.3. The molecule has 0 unspecified atom stereocenters. The molecule has 1 aromatic carbocycles. The Morgan fingerprint density at radius 3 is 2.59 bits per heavy atom. The van der Waals surface area contributed by atoms with Gasteiger partial charge in [-0.3, -0.25) is 4.79 Å². The van der Waals surface area contributed by atoms with Crippen molar-refractivity contribution in [3.05, 3.63) is 29.8 Å². The number of esters is 1. The van der Waals surface area contributed by atoms with Gasteiger partial charge in [-0.1, -0.05) is 51.3 Å². The Morgan fingerprint density at radius 2 is 1.88 bits per heavy atom. The molecule has 0 N–H and O–H groups in total. The molecule has 2 heteroatoms. The van der Waals surface area contributed by atoms with Gasteiger partial charge in [-0.15, -0.1) is 0 Å². The maximum atomic E-state index is 11.3. The summed E-state index contributed by atoms with van der Waals surface area (Å²) in [5.41, 5.74) is 1.14. The highest BCUT2D eigenvalue weighted by atomic mass is 16.5. The number of para-hydroxylation sites is 1. The van der Waals surface area contributed by atoms with Gasteiger partial charge in [0.05, 0.1) is 0 Å². The minimum atomic E-state index is -0.161. The lowest BCUT2D eigenvalue weighted by Gasteiger charge is -2.09. The monoisotopic (exact) mass is 234 g/mol. The molecule has 2 nitrogen and oxygen atoms in total. The molecule has 0 amide bonds. The molecule has 1 aromatic rings. The quantitative estimate of drug-likeness (QED) is 0.403. The summed E-state index contributed by atoms with van der Waals surface area (Å²) in [5.74, 6) is 0.571. The van der Waals surface area contributed by atoms with Gasteiger partial charge in [0.2, 0.25) is 0 Å². The first-order chi connectivity index (χ1) is 8.27. The van der Waals surface area contributed by atoms with Crippen molar-refractivity contribution in [2.75, 3.05) is 0 Å². The Labute approximate surface area is 104 Å². The number of ether oxygens (including phenoxy) is 1. The number of unbranched alkanes of at least 4 members (excludes halogenated alkanes) is 3. The zero-order valence-corrected chi connectivity index (χ0v) is 10.9. The Kier molecular flexibility index (Phi) is 6.38. The van der Waals surface area contributed by atoms with Crippen LogP contribution in [0.2, 0.25) is 0 Å². The average Bonchev–Trinajstić information content (AvgIpc) is 2.36. The van der Waals surface area contributed by atoms with Crippen LogP contribution in [0.15, 0.2) is 24.3 Å². The molecule has 0 radical (unpaired) electrons. The van der Waals surface area contributed by atoms with Crippen molar-refractivity contribution in [1.82, 2.24) is 0 Å². The van der Waals surface area contributed by atoms with Crippen LogP contribution in [0.5, 0.6) is 5.75 Å². The summed E-state index contributed by atoms with van der Waals surface area (Å²) >= 11 is 0. The molecule has 0 saturated carbocycles. The van der Waals surface area contributed by atoms with Crippen molar-refractivity contribution in [2.24, 2.45) is 0 Å². The molecule has 0 aliphatic heterocycles. The zero-order valence-electron chi connectivity index (χ0n) is 10.9.